The second kappa shape index (κ2) is 11.4. The van der Waals surface area contributed by atoms with E-state index in [1.807, 2.05) is 0 Å². The Kier molecular flexibility index (Phi) is 11.3. The molecule has 0 radical (unpaired) electrons. The number of nitrogens with one attached hydrogen (secondary N) is 1. The molecular weight excluding hydrogens is 198 g/mol. The second-order valence-electron chi connectivity index (χ2n) is 4.53. The third-order valence-corrected chi connectivity index (χ3v) is 3.14. The van der Waals surface area contributed by atoms with E-state index in [4.69, 9.17) is 4.74 Å². The highest BCUT2D eigenvalue weighted by Gasteiger charge is 2.18. The molecule has 0 aromatic carbocycles. The van der Waals surface area contributed by atoms with Crippen LogP contribution in [-0.2, 0) is 4.74 Å². The van der Waals surface area contributed by atoms with Crippen LogP contribution in [0.1, 0.15) is 65.7 Å². The quantitative estimate of drug-likeness (QED) is 0.545. The molecule has 0 aromatic rings. The van der Waals surface area contributed by atoms with Gasteiger partial charge in [0.25, 0.3) is 0 Å². The van der Waals surface area contributed by atoms with E-state index in [9.17, 15) is 0 Å². The summed E-state index contributed by atoms with van der Waals surface area (Å²) < 4.78 is 5.83. The minimum atomic E-state index is 0.404. The molecule has 0 saturated heterocycles. The molecule has 0 fully saturated rings. The summed E-state index contributed by atoms with van der Waals surface area (Å²) in [4.78, 5) is 0. The maximum Gasteiger partial charge on any atom is 0.0727 e. The molecule has 2 nitrogen and oxygen atoms in total. The number of hydrogen-bond acceptors (Lipinski definition) is 2. The van der Waals surface area contributed by atoms with Crippen molar-refractivity contribution in [2.75, 3.05) is 13.7 Å². The number of likely N-dealkylation sites (N-methyl/N-ethyl adjacent to an activating group) is 1. The first-order valence-corrected chi connectivity index (χ1v) is 7.08. The summed E-state index contributed by atoms with van der Waals surface area (Å²) in [7, 11) is 2.06. The smallest absolute Gasteiger partial charge is 0.0727 e. The van der Waals surface area contributed by atoms with Crippen molar-refractivity contribution in [3.05, 3.63) is 0 Å². The summed E-state index contributed by atoms with van der Waals surface area (Å²) in [5.41, 5.74) is 0. The molecule has 0 saturated carbocycles. The summed E-state index contributed by atoms with van der Waals surface area (Å²) in [6.45, 7) is 7.41. The molecule has 0 bridgehead atoms. The predicted octanol–water partition coefficient (Wildman–Crippen LogP) is 3.75. The Bertz CT molecular complexity index is 133. The van der Waals surface area contributed by atoms with Gasteiger partial charge >= 0.3 is 0 Å². The molecule has 0 aliphatic carbocycles. The van der Waals surface area contributed by atoms with E-state index in [1.165, 1.54) is 44.9 Å². The van der Waals surface area contributed by atoms with Gasteiger partial charge in [0, 0.05) is 12.6 Å². The topological polar surface area (TPSA) is 21.3 Å². The summed E-state index contributed by atoms with van der Waals surface area (Å²) >= 11 is 0. The zero-order valence-electron chi connectivity index (χ0n) is 11.7. The molecule has 2 atom stereocenters. The van der Waals surface area contributed by atoms with Crippen molar-refractivity contribution in [3.63, 3.8) is 0 Å². The first-order valence-electron chi connectivity index (χ1n) is 7.08. The minimum Gasteiger partial charge on any atom is -0.377 e. The molecule has 16 heavy (non-hydrogen) atoms. The van der Waals surface area contributed by atoms with Crippen LogP contribution in [0.5, 0.6) is 0 Å². The lowest BCUT2D eigenvalue weighted by molar-refractivity contribution is 0.0272. The lowest BCUT2D eigenvalue weighted by atomic mass is 9.99. The molecule has 0 aliphatic heterocycles. The van der Waals surface area contributed by atoms with Gasteiger partial charge in [-0.2, -0.15) is 0 Å². The zero-order valence-corrected chi connectivity index (χ0v) is 11.7. The predicted molar refractivity (Wildman–Crippen MR) is 71.9 cm³/mol. The third-order valence-electron chi connectivity index (χ3n) is 3.14. The van der Waals surface area contributed by atoms with Crippen LogP contribution in [0.25, 0.3) is 0 Å². The van der Waals surface area contributed by atoms with Gasteiger partial charge in [0.1, 0.15) is 0 Å². The first kappa shape index (κ1) is 15.9. The van der Waals surface area contributed by atoms with Crippen LogP contribution in [0.4, 0.5) is 0 Å². The Morgan fingerprint density at radius 1 is 0.938 bits per heavy atom. The Hall–Kier alpha value is -0.0800. The molecule has 2 unspecified atom stereocenters. The van der Waals surface area contributed by atoms with Crippen molar-refractivity contribution >= 4 is 0 Å². The number of rotatable bonds is 11. The van der Waals surface area contributed by atoms with E-state index in [0.29, 0.717) is 12.1 Å². The fourth-order valence-electron chi connectivity index (χ4n) is 2.21. The molecule has 0 aliphatic rings. The first-order chi connectivity index (χ1) is 7.79. The van der Waals surface area contributed by atoms with E-state index in [1.54, 1.807) is 0 Å². The fraction of sp³-hybridized carbons (Fsp3) is 1.00. The molecule has 0 amide bonds. The van der Waals surface area contributed by atoms with Gasteiger partial charge in [0.05, 0.1) is 6.10 Å². The summed E-state index contributed by atoms with van der Waals surface area (Å²) in [6, 6.07) is 0.539. The maximum absolute atomic E-state index is 5.83. The van der Waals surface area contributed by atoms with E-state index < -0.39 is 0 Å². The van der Waals surface area contributed by atoms with Gasteiger partial charge in [-0.05, 0) is 26.8 Å². The van der Waals surface area contributed by atoms with Gasteiger partial charge in [0.15, 0.2) is 0 Å². The molecule has 0 heterocycles. The van der Waals surface area contributed by atoms with Gasteiger partial charge in [-0.3, -0.25) is 0 Å². The molecular formula is C14H31NO. The minimum absolute atomic E-state index is 0.404. The van der Waals surface area contributed by atoms with Crippen molar-refractivity contribution in [1.82, 2.24) is 5.32 Å². The van der Waals surface area contributed by atoms with Crippen molar-refractivity contribution in [2.24, 2.45) is 0 Å². The Morgan fingerprint density at radius 2 is 1.69 bits per heavy atom. The molecule has 0 rings (SSSR count). The van der Waals surface area contributed by atoms with Crippen LogP contribution in [0.3, 0.4) is 0 Å². The molecule has 0 aromatic heterocycles. The normalized spacial score (nSPS) is 15.0. The fourth-order valence-corrected chi connectivity index (χ4v) is 2.21. The van der Waals surface area contributed by atoms with Gasteiger partial charge in [-0.1, -0.05) is 46.0 Å². The van der Waals surface area contributed by atoms with Gasteiger partial charge in [0.2, 0.25) is 0 Å². The number of unbranched alkanes of at least 4 members (excludes halogenated alkanes) is 3. The van der Waals surface area contributed by atoms with Gasteiger partial charge in [-0.25, -0.2) is 0 Å². The summed E-state index contributed by atoms with van der Waals surface area (Å²) in [5, 5.41) is 3.42. The van der Waals surface area contributed by atoms with Crippen LogP contribution in [0.15, 0.2) is 0 Å². The third kappa shape index (κ3) is 7.24. The molecule has 0 spiro atoms. The van der Waals surface area contributed by atoms with Crippen molar-refractivity contribution in [1.29, 1.82) is 0 Å². The van der Waals surface area contributed by atoms with Crippen LogP contribution in [-0.4, -0.2) is 25.8 Å². The highest BCUT2D eigenvalue weighted by molar-refractivity contribution is 4.75. The van der Waals surface area contributed by atoms with Crippen LogP contribution in [0, 0.1) is 0 Å². The second-order valence-corrected chi connectivity index (χ2v) is 4.53. The van der Waals surface area contributed by atoms with Gasteiger partial charge in [-0.15, -0.1) is 0 Å². The van der Waals surface area contributed by atoms with E-state index in [0.717, 1.165) is 6.61 Å². The lowest BCUT2D eigenvalue weighted by Gasteiger charge is -2.26. The monoisotopic (exact) mass is 229 g/mol. The Morgan fingerprint density at radius 3 is 2.19 bits per heavy atom. The highest BCUT2D eigenvalue weighted by Crippen LogP contribution is 2.14. The molecule has 2 heteroatoms. The number of ether oxygens (including phenoxy) is 1. The van der Waals surface area contributed by atoms with Gasteiger partial charge < -0.3 is 10.1 Å². The summed E-state index contributed by atoms with van der Waals surface area (Å²) in [5.74, 6) is 0. The van der Waals surface area contributed by atoms with Crippen molar-refractivity contribution in [2.45, 2.75) is 77.9 Å². The highest BCUT2D eigenvalue weighted by atomic mass is 16.5. The largest absolute Gasteiger partial charge is 0.377 e. The maximum atomic E-state index is 5.83. The van der Waals surface area contributed by atoms with E-state index in [2.05, 4.69) is 33.1 Å². The average Bonchev–Trinajstić information content (AvgIpc) is 2.29. The SMILES string of the molecule is CCCCCCC(NC)C(CCC)OCC. The van der Waals surface area contributed by atoms with Crippen molar-refractivity contribution in [3.8, 4) is 0 Å². The van der Waals surface area contributed by atoms with E-state index in [-0.39, 0.29) is 0 Å². The summed E-state index contributed by atoms with van der Waals surface area (Å²) in [6.07, 6.45) is 9.40. The molecule has 98 valence electrons. The Labute approximate surface area is 102 Å². The standard InChI is InChI=1S/C14H31NO/c1-5-8-9-10-12-13(15-4)14(11-6-2)16-7-3/h13-15H,5-12H2,1-4H3. The van der Waals surface area contributed by atoms with E-state index >= 15 is 0 Å². The van der Waals surface area contributed by atoms with Crippen LogP contribution < -0.4 is 5.32 Å². The average molecular weight is 229 g/mol. The molecule has 1 N–H and O–H groups in total. The van der Waals surface area contributed by atoms with Crippen LogP contribution in [0.2, 0.25) is 0 Å². The van der Waals surface area contributed by atoms with Crippen molar-refractivity contribution < 1.29 is 4.74 Å². The Balaban J connectivity index is 3.89. The lowest BCUT2D eigenvalue weighted by Crippen LogP contribution is -2.39. The number of hydrogen-bond donors (Lipinski definition) is 1. The van der Waals surface area contributed by atoms with Crippen LogP contribution >= 0.6 is 0 Å². The zero-order chi connectivity index (χ0) is 12.2.